The number of hydrogen-bond donors (Lipinski definition) is 1. The molecule has 0 saturated heterocycles. The Morgan fingerprint density at radius 1 is 1.00 bits per heavy atom. The summed E-state index contributed by atoms with van der Waals surface area (Å²) in [5.41, 5.74) is 2.60. The van der Waals surface area contributed by atoms with E-state index in [4.69, 9.17) is 4.74 Å². The number of alkyl halides is 3. The number of halogens is 3. The Hall–Kier alpha value is -3.58. The molecule has 0 aliphatic carbocycles. The van der Waals surface area contributed by atoms with Gasteiger partial charge in [0.2, 0.25) is 5.91 Å². The highest BCUT2D eigenvalue weighted by atomic mass is 19.4. The first kappa shape index (κ1) is 24.5. The fourth-order valence-corrected chi connectivity index (χ4v) is 4.35. The first-order chi connectivity index (χ1) is 16.9. The maximum Gasteiger partial charge on any atom is 0.416 e. The predicted molar refractivity (Wildman–Crippen MR) is 130 cm³/mol. The number of amides is 1. The molecule has 3 aromatic carbocycles. The van der Waals surface area contributed by atoms with Crippen LogP contribution in [-0.2, 0) is 22.3 Å². The van der Waals surface area contributed by atoms with Crippen LogP contribution in [0.3, 0.4) is 0 Å². The summed E-state index contributed by atoms with van der Waals surface area (Å²) in [5, 5.41) is 3.71. The van der Waals surface area contributed by atoms with E-state index in [1.807, 2.05) is 60.8 Å². The van der Waals surface area contributed by atoms with Crippen molar-refractivity contribution >= 4 is 16.8 Å². The lowest BCUT2D eigenvalue weighted by Gasteiger charge is -2.19. The van der Waals surface area contributed by atoms with Crippen molar-refractivity contribution in [2.45, 2.75) is 25.1 Å². The molecule has 7 heteroatoms. The van der Waals surface area contributed by atoms with Crippen molar-refractivity contribution in [3.05, 3.63) is 107 Å². The first-order valence-electron chi connectivity index (χ1n) is 11.4. The molecule has 182 valence electrons. The van der Waals surface area contributed by atoms with E-state index in [0.29, 0.717) is 25.3 Å². The van der Waals surface area contributed by atoms with Crippen molar-refractivity contribution in [3.8, 4) is 0 Å². The third-order valence-electron chi connectivity index (χ3n) is 6.02. The summed E-state index contributed by atoms with van der Waals surface area (Å²) >= 11 is 0. The first-order valence-corrected chi connectivity index (χ1v) is 11.4. The van der Waals surface area contributed by atoms with E-state index < -0.39 is 17.7 Å². The lowest BCUT2D eigenvalue weighted by atomic mass is 9.87. The van der Waals surface area contributed by atoms with Gasteiger partial charge in [-0.1, -0.05) is 66.7 Å². The van der Waals surface area contributed by atoms with Crippen LogP contribution in [0.4, 0.5) is 13.2 Å². The molecule has 0 fully saturated rings. The third-order valence-corrected chi connectivity index (χ3v) is 6.02. The third kappa shape index (κ3) is 5.92. The van der Waals surface area contributed by atoms with Crippen molar-refractivity contribution in [2.24, 2.45) is 0 Å². The number of para-hydroxylation sites is 1. The van der Waals surface area contributed by atoms with Gasteiger partial charge in [0.1, 0.15) is 0 Å². The fraction of sp³-hybridized carbons (Fsp3) is 0.250. The van der Waals surface area contributed by atoms with Gasteiger partial charge < -0.3 is 14.6 Å². The summed E-state index contributed by atoms with van der Waals surface area (Å²) in [7, 11) is 1.54. The van der Waals surface area contributed by atoms with Crippen LogP contribution in [-0.4, -0.2) is 30.7 Å². The number of carbonyl (C=O) groups is 1. The normalized spacial score (nSPS) is 12.6. The number of methoxy groups -OCH3 is 1. The van der Waals surface area contributed by atoms with Gasteiger partial charge in [-0.3, -0.25) is 4.79 Å². The average Bonchev–Trinajstić information content (AvgIpc) is 3.21. The lowest BCUT2D eigenvalue weighted by Crippen LogP contribution is -2.28. The molecular formula is C28H27F3N2O2. The number of ether oxygens (including phenoxy) is 1. The molecule has 4 rings (SSSR count). The highest BCUT2D eigenvalue weighted by Crippen LogP contribution is 2.37. The van der Waals surface area contributed by atoms with Crippen molar-refractivity contribution in [3.63, 3.8) is 0 Å². The lowest BCUT2D eigenvalue weighted by molar-refractivity contribution is -0.137. The van der Waals surface area contributed by atoms with E-state index in [9.17, 15) is 18.0 Å². The van der Waals surface area contributed by atoms with Crippen LogP contribution in [0.2, 0.25) is 0 Å². The molecule has 0 aliphatic heterocycles. The van der Waals surface area contributed by atoms with E-state index >= 15 is 0 Å². The summed E-state index contributed by atoms with van der Waals surface area (Å²) in [4.78, 5) is 12.8. The van der Waals surface area contributed by atoms with Crippen LogP contribution in [0.5, 0.6) is 0 Å². The van der Waals surface area contributed by atoms with E-state index in [-0.39, 0.29) is 12.3 Å². The van der Waals surface area contributed by atoms with Gasteiger partial charge in [-0.05, 0) is 28.8 Å². The van der Waals surface area contributed by atoms with Crippen LogP contribution < -0.4 is 5.32 Å². The Kier molecular flexibility index (Phi) is 7.56. The molecule has 35 heavy (non-hydrogen) atoms. The zero-order valence-electron chi connectivity index (χ0n) is 19.4. The second-order valence-electron chi connectivity index (χ2n) is 8.44. The molecule has 1 atom stereocenters. The van der Waals surface area contributed by atoms with Gasteiger partial charge in [-0.15, -0.1) is 0 Å². The number of rotatable bonds is 9. The Morgan fingerprint density at radius 3 is 2.49 bits per heavy atom. The number of nitrogens with one attached hydrogen (secondary N) is 1. The zero-order valence-corrected chi connectivity index (χ0v) is 19.4. The standard InChI is InChI=1S/C28H27F3N2O2/c1-35-15-14-32-27(34)17-24(21-10-7-11-22(16-21)28(29,30)31)25-19-33(18-20-8-3-2-4-9-20)26-13-6-5-12-23(25)26/h2-13,16,19,24H,14-15,17-18H2,1H3,(H,32,34). The Balaban J connectivity index is 1.78. The quantitative estimate of drug-likeness (QED) is 0.299. The molecule has 4 nitrogen and oxygen atoms in total. The molecule has 0 radical (unpaired) electrons. The molecule has 1 heterocycles. The van der Waals surface area contributed by atoms with Gasteiger partial charge in [0.25, 0.3) is 0 Å². The van der Waals surface area contributed by atoms with E-state index in [1.165, 1.54) is 6.07 Å². The zero-order chi connectivity index (χ0) is 24.8. The van der Waals surface area contributed by atoms with Gasteiger partial charge in [-0.25, -0.2) is 0 Å². The molecule has 4 aromatic rings. The number of nitrogens with zero attached hydrogens (tertiary/aromatic N) is 1. The number of benzene rings is 3. The monoisotopic (exact) mass is 480 g/mol. The van der Waals surface area contributed by atoms with Gasteiger partial charge in [0.05, 0.1) is 12.2 Å². The number of aromatic nitrogens is 1. The summed E-state index contributed by atoms with van der Waals surface area (Å²) in [5.74, 6) is -0.800. The predicted octanol–water partition coefficient (Wildman–Crippen LogP) is 5.99. The molecular weight excluding hydrogens is 453 g/mol. The Morgan fingerprint density at radius 2 is 1.74 bits per heavy atom. The Labute approximate surface area is 202 Å². The van der Waals surface area contributed by atoms with Crippen LogP contribution in [0.15, 0.2) is 85.1 Å². The SMILES string of the molecule is COCCNC(=O)CC(c1cccc(C(F)(F)F)c1)c1cn(Cc2ccccc2)c2ccccc12. The topological polar surface area (TPSA) is 43.3 Å². The van der Waals surface area contributed by atoms with Crippen molar-refractivity contribution in [1.29, 1.82) is 0 Å². The summed E-state index contributed by atoms with van der Waals surface area (Å²) in [6.45, 7) is 1.30. The Bertz CT molecular complexity index is 1280. The van der Waals surface area contributed by atoms with E-state index in [2.05, 4.69) is 9.88 Å². The number of carbonyl (C=O) groups excluding carboxylic acids is 1. The molecule has 1 amide bonds. The summed E-state index contributed by atoms with van der Waals surface area (Å²) < 4.78 is 47.6. The molecule has 1 unspecified atom stereocenters. The highest BCUT2D eigenvalue weighted by Gasteiger charge is 2.32. The summed E-state index contributed by atoms with van der Waals surface area (Å²) in [6, 6.07) is 23.0. The molecule has 1 aromatic heterocycles. The molecule has 0 saturated carbocycles. The minimum Gasteiger partial charge on any atom is -0.383 e. The second-order valence-corrected chi connectivity index (χ2v) is 8.44. The minimum absolute atomic E-state index is 0.0182. The number of hydrogen-bond acceptors (Lipinski definition) is 2. The van der Waals surface area contributed by atoms with Crippen molar-refractivity contribution in [1.82, 2.24) is 9.88 Å². The van der Waals surface area contributed by atoms with E-state index in [1.54, 1.807) is 13.2 Å². The second kappa shape index (κ2) is 10.8. The van der Waals surface area contributed by atoms with Crippen molar-refractivity contribution < 1.29 is 22.7 Å². The molecule has 0 spiro atoms. The van der Waals surface area contributed by atoms with E-state index in [0.717, 1.165) is 34.2 Å². The smallest absolute Gasteiger partial charge is 0.383 e. The van der Waals surface area contributed by atoms with Gasteiger partial charge in [0, 0.05) is 49.6 Å². The van der Waals surface area contributed by atoms with Crippen LogP contribution in [0.1, 0.15) is 34.6 Å². The van der Waals surface area contributed by atoms with Crippen LogP contribution in [0.25, 0.3) is 10.9 Å². The molecule has 0 aliphatic rings. The van der Waals surface area contributed by atoms with Gasteiger partial charge in [-0.2, -0.15) is 13.2 Å². The average molecular weight is 481 g/mol. The van der Waals surface area contributed by atoms with Crippen LogP contribution >= 0.6 is 0 Å². The minimum atomic E-state index is -4.47. The number of fused-ring (bicyclic) bond motifs is 1. The highest BCUT2D eigenvalue weighted by molar-refractivity contribution is 5.86. The summed E-state index contributed by atoms with van der Waals surface area (Å²) in [6.07, 6.45) is -2.49. The maximum absolute atomic E-state index is 13.5. The van der Waals surface area contributed by atoms with Crippen molar-refractivity contribution in [2.75, 3.05) is 20.3 Å². The fourth-order valence-electron chi connectivity index (χ4n) is 4.35. The largest absolute Gasteiger partial charge is 0.416 e. The maximum atomic E-state index is 13.5. The molecule has 0 bridgehead atoms. The van der Waals surface area contributed by atoms with Gasteiger partial charge in [0.15, 0.2) is 0 Å². The molecule has 1 N–H and O–H groups in total. The van der Waals surface area contributed by atoms with Crippen LogP contribution in [0, 0.1) is 0 Å². The van der Waals surface area contributed by atoms with Gasteiger partial charge >= 0.3 is 6.18 Å².